The molecule has 0 bridgehead atoms. The maximum atomic E-state index is 6.09. The molecule has 0 saturated heterocycles. The first kappa shape index (κ1) is 14.0. The van der Waals surface area contributed by atoms with E-state index in [0.29, 0.717) is 6.10 Å². The average molecular weight is 227 g/mol. The van der Waals surface area contributed by atoms with E-state index in [9.17, 15) is 0 Å². The summed E-state index contributed by atoms with van der Waals surface area (Å²) >= 11 is 0. The summed E-state index contributed by atoms with van der Waals surface area (Å²) in [5.74, 6) is 0.908. The largest absolute Gasteiger partial charge is 0.378 e. The molecule has 1 N–H and O–H groups in total. The molecule has 0 amide bonds. The van der Waals surface area contributed by atoms with E-state index in [1.807, 2.05) is 7.05 Å². The lowest BCUT2D eigenvalue weighted by Crippen LogP contribution is -2.34. The lowest BCUT2D eigenvalue weighted by atomic mass is 9.85. The van der Waals surface area contributed by atoms with E-state index in [4.69, 9.17) is 4.74 Å². The van der Waals surface area contributed by atoms with Gasteiger partial charge in [0.2, 0.25) is 0 Å². The van der Waals surface area contributed by atoms with Gasteiger partial charge in [-0.3, -0.25) is 0 Å². The van der Waals surface area contributed by atoms with Crippen LogP contribution < -0.4 is 5.32 Å². The molecule has 1 aliphatic carbocycles. The third-order valence-corrected chi connectivity index (χ3v) is 3.68. The molecule has 2 unspecified atom stereocenters. The maximum absolute atomic E-state index is 6.09. The van der Waals surface area contributed by atoms with Gasteiger partial charge in [-0.05, 0) is 25.8 Å². The van der Waals surface area contributed by atoms with Gasteiger partial charge in [-0.2, -0.15) is 0 Å². The van der Waals surface area contributed by atoms with Crippen LogP contribution in [0.5, 0.6) is 0 Å². The van der Waals surface area contributed by atoms with Gasteiger partial charge in [0.05, 0.1) is 12.7 Å². The molecular formula is C14H29NO. The van der Waals surface area contributed by atoms with Gasteiger partial charge >= 0.3 is 0 Å². The van der Waals surface area contributed by atoms with Gasteiger partial charge in [-0.25, -0.2) is 0 Å². The topological polar surface area (TPSA) is 21.3 Å². The molecule has 0 aromatic rings. The highest BCUT2D eigenvalue weighted by molar-refractivity contribution is 4.75. The third kappa shape index (κ3) is 4.84. The molecule has 0 radical (unpaired) electrons. The molecule has 2 atom stereocenters. The number of hydrogen-bond acceptors (Lipinski definition) is 2. The number of ether oxygens (including phenoxy) is 1. The quantitative estimate of drug-likeness (QED) is 0.752. The van der Waals surface area contributed by atoms with E-state index in [1.165, 1.54) is 32.1 Å². The molecule has 2 heteroatoms. The van der Waals surface area contributed by atoms with Crippen molar-refractivity contribution >= 4 is 0 Å². The first-order valence-corrected chi connectivity index (χ1v) is 6.83. The second kappa shape index (κ2) is 6.61. The van der Waals surface area contributed by atoms with Crippen molar-refractivity contribution in [2.75, 3.05) is 20.2 Å². The zero-order valence-corrected chi connectivity index (χ0v) is 11.5. The number of nitrogens with one attached hydrogen (secondary N) is 1. The van der Waals surface area contributed by atoms with Crippen LogP contribution in [-0.4, -0.2) is 26.3 Å². The van der Waals surface area contributed by atoms with E-state index >= 15 is 0 Å². The van der Waals surface area contributed by atoms with Crippen LogP contribution in [0, 0.1) is 11.3 Å². The predicted octanol–water partition coefficient (Wildman–Crippen LogP) is 3.22. The Balaban J connectivity index is 2.26. The molecule has 0 aliphatic heterocycles. The van der Waals surface area contributed by atoms with Crippen molar-refractivity contribution in [3.8, 4) is 0 Å². The van der Waals surface area contributed by atoms with Crippen molar-refractivity contribution in [2.45, 2.75) is 59.0 Å². The smallest absolute Gasteiger partial charge is 0.0578 e. The van der Waals surface area contributed by atoms with Crippen molar-refractivity contribution in [1.29, 1.82) is 0 Å². The van der Waals surface area contributed by atoms with Crippen LogP contribution in [0.4, 0.5) is 0 Å². The Morgan fingerprint density at radius 1 is 1.31 bits per heavy atom. The summed E-state index contributed by atoms with van der Waals surface area (Å²) in [6, 6.07) is 0. The predicted molar refractivity (Wildman–Crippen MR) is 69.7 cm³/mol. The molecule has 2 nitrogen and oxygen atoms in total. The first-order chi connectivity index (χ1) is 7.57. The third-order valence-electron chi connectivity index (χ3n) is 3.68. The fourth-order valence-corrected chi connectivity index (χ4v) is 2.64. The van der Waals surface area contributed by atoms with Crippen LogP contribution >= 0.6 is 0 Å². The summed E-state index contributed by atoms with van der Waals surface area (Å²) in [6.45, 7) is 8.75. The van der Waals surface area contributed by atoms with Crippen LogP contribution in [0.3, 0.4) is 0 Å². The lowest BCUT2D eigenvalue weighted by Gasteiger charge is -2.32. The Kier molecular flexibility index (Phi) is 5.77. The van der Waals surface area contributed by atoms with Gasteiger partial charge in [-0.1, -0.05) is 40.0 Å². The molecule has 1 rings (SSSR count). The van der Waals surface area contributed by atoms with Gasteiger partial charge in [0, 0.05) is 12.0 Å². The zero-order chi connectivity index (χ0) is 12.0. The van der Waals surface area contributed by atoms with Crippen LogP contribution in [0.1, 0.15) is 52.9 Å². The fourth-order valence-electron chi connectivity index (χ4n) is 2.64. The monoisotopic (exact) mass is 227 g/mol. The summed E-state index contributed by atoms with van der Waals surface area (Å²) < 4.78 is 6.09. The molecule has 1 fully saturated rings. The highest BCUT2D eigenvalue weighted by atomic mass is 16.5. The average Bonchev–Trinajstić information content (AvgIpc) is 2.27. The van der Waals surface area contributed by atoms with Crippen LogP contribution in [0.2, 0.25) is 0 Å². The molecule has 0 aromatic heterocycles. The van der Waals surface area contributed by atoms with E-state index in [-0.39, 0.29) is 5.41 Å². The minimum atomic E-state index is 0.258. The summed E-state index contributed by atoms with van der Waals surface area (Å²) in [4.78, 5) is 0. The summed E-state index contributed by atoms with van der Waals surface area (Å²) in [6.07, 6.45) is 7.17. The van der Waals surface area contributed by atoms with E-state index in [1.54, 1.807) is 0 Å². The van der Waals surface area contributed by atoms with Crippen molar-refractivity contribution in [3.63, 3.8) is 0 Å². The van der Waals surface area contributed by atoms with Crippen LogP contribution in [0.15, 0.2) is 0 Å². The van der Waals surface area contributed by atoms with Gasteiger partial charge in [0.25, 0.3) is 0 Å². The van der Waals surface area contributed by atoms with Crippen LogP contribution in [0.25, 0.3) is 0 Å². The van der Waals surface area contributed by atoms with Crippen molar-refractivity contribution < 1.29 is 4.74 Å². The van der Waals surface area contributed by atoms with Gasteiger partial charge in [0.1, 0.15) is 0 Å². The number of rotatable bonds is 6. The fraction of sp³-hybridized carbons (Fsp3) is 1.00. The maximum Gasteiger partial charge on any atom is 0.0578 e. The standard InChI is InChI=1S/C14H29NO/c1-5-12-7-6-8-13(9-12)16-11-14(2,3)10-15-4/h12-13,15H,5-11H2,1-4H3. The van der Waals surface area contributed by atoms with Gasteiger partial charge in [-0.15, -0.1) is 0 Å². The van der Waals surface area contributed by atoms with Gasteiger partial charge in [0.15, 0.2) is 0 Å². The normalized spacial score (nSPS) is 27.0. The molecular weight excluding hydrogens is 198 g/mol. The lowest BCUT2D eigenvalue weighted by molar-refractivity contribution is -0.0251. The molecule has 1 saturated carbocycles. The van der Waals surface area contributed by atoms with Crippen molar-refractivity contribution in [1.82, 2.24) is 5.32 Å². The molecule has 1 aliphatic rings. The first-order valence-electron chi connectivity index (χ1n) is 6.83. The Morgan fingerprint density at radius 3 is 2.69 bits per heavy atom. The SMILES string of the molecule is CCC1CCCC(OCC(C)(C)CNC)C1. The Hall–Kier alpha value is -0.0800. The van der Waals surface area contributed by atoms with Crippen molar-refractivity contribution in [3.05, 3.63) is 0 Å². The Labute approximate surface area is 101 Å². The summed E-state index contributed by atoms with van der Waals surface area (Å²) in [5, 5.41) is 3.24. The van der Waals surface area contributed by atoms with Crippen LogP contribution in [-0.2, 0) is 4.74 Å². The highest BCUT2D eigenvalue weighted by Gasteiger charge is 2.24. The van der Waals surface area contributed by atoms with E-state index < -0.39 is 0 Å². The van der Waals surface area contributed by atoms with E-state index in [2.05, 4.69) is 26.1 Å². The molecule has 0 aromatic carbocycles. The Morgan fingerprint density at radius 2 is 2.06 bits per heavy atom. The van der Waals surface area contributed by atoms with Crippen molar-refractivity contribution in [2.24, 2.45) is 11.3 Å². The zero-order valence-electron chi connectivity index (χ0n) is 11.5. The summed E-state index contributed by atoms with van der Waals surface area (Å²) in [5.41, 5.74) is 0.258. The minimum absolute atomic E-state index is 0.258. The molecule has 0 heterocycles. The molecule has 96 valence electrons. The van der Waals surface area contributed by atoms with Gasteiger partial charge < -0.3 is 10.1 Å². The number of hydrogen-bond donors (Lipinski definition) is 1. The molecule has 16 heavy (non-hydrogen) atoms. The highest BCUT2D eigenvalue weighted by Crippen LogP contribution is 2.29. The summed E-state index contributed by atoms with van der Waals surface area (Å²) in [7, 11) is 2.01. The second-order valence-electron chi connectivity index (χ2n) is 6.07. The second-order valence-corrected chi connectivity index (χ2v) is 6.07. The van der Waals surface area contributed by atoms with E-state index in [0.717, 1.165) is 19.1 Å². The molecule has 0 spiro atoms. The Bertz CT molecular complexity index is 191. The minimum Gasteiger partial charge on any atom is -0.378 e.